The number of primary amides is 1. The first-order valence-corrected chi connectivity index (χ1v) is 8.46. The molecule has 1 aliphatic rings. The van der Waals surface area contributed by atoms with E-state index in [9.17, 15) is 23.1 Å². The van der Waals surface area contributed by atoms with Crippen LogP contribution in [0.5, 0.6) is 5.75 Å². The van der Waals surface area contributed by atoms with Gasteiger partial charge >= 0.3 is 5.97 Å². The Morgan fingerprint density at radius 3 is 2.52 bits per heavy atom. The maximum Gasteiger partial charge on any atom is 0.339 e. The summed E-state index contributed by atoms with van der Waals surface area (Å²) in [5, 5.41) is 18.5. The SMILES string of the molecule is CC1CCC(C(N)=O)CN1S(=O)(=O)c1ccc(O)c(C(=O)O)c1. The van der Waals surface area contributed by atoms with Crippen molar-refractivity contribution < 1.29 is 28.2 Å². The normalized spacial score (nSPS) is 22.7. The van der Waals surface area contributed by atoms with Crippen LogP contribution >= 0.6 is 0 Å². The van der Waals surface area contributed by atoms with Gasteiger partial charge in [-0.1, -0.05) is 0 Å². The highest BCUT2D eigenvalue weighted by molar-refractivity contribution is 7.89. The van der Waals surface area contributed by atoms with E-state index in [-0.39, 0.29) is 17.5 Å². The minimum atomic E-state index is -4.00. The Morgan fingerprint density at radius 2 is 1.96 bits per heavy atom. The van der Waals surface area contributed by atoms with Crippen LogP contribution in [-0.2, 0) is 14.8 Å². The standard InChI is InChI=1S/C14H18N2O6S/c1-8-2-3-9(13(15)18)7-16(8)23(21,22)10-4-5-12(17)11(6-10)14(19)20/h4-6,8-9,17H,2-3,7H2,1H3,(H2,15,18)(H,19,20). The van der Waals surface area contributed by atoms with Crippen molar-refractivity contribution in [3.63, 3.8) is 0 Å². The number of nitrogens with zero attached hydrogens (tertiary/aromatic N) is 1. The van der Waals surface area contributed by atoms with Crippen LogP contribution in [0.2, 0.25) is 0 Å². The number of nitrogens with two attached hydrogens (primary N) is 1. The number of sulfonamides is 1. The summed E-state index contributed by atoms with van der Waals surface area (Å²) >= 11 is 0. The van der Waals surface area contributed by atoms with Gasteiger partial charge in [0.15, 0.2) is 0 Å². The van der Waals surface area contributed by atoms with Gasteiger partial charge in [-0.25, -0.2) is 13.2 Å². The molecule has 0 bridgehead atoms. The maximum absolute atomic E-state index is 12.8. The second-order valence-electron chi connectivity index (χ2n) is 5.58. The third kappa shape index (κ3) is 3.30. The lowest BCUT2D eigenvalue weighted by molar-refractivity contribution is -0.123. The van der Waals surface area contributed by atoms with Gasteiger partial charge < -0.3 is 15.9 Å². The van der Waals surface area contributed by atoms with E-state index < -0.39 is 39.1 Å². The first-order chi connectivity index (χ1) is 10.6. The summed E-state index contributed by atoms with van der Waals surface area (Å²) in [4.78, 5) is 22.2. The predicted molar refractivity (Wildman–Crippen MR) is 80.3 cm³/mol. The van der Waals surface area contributed by atoms with Crippen molar-refractivity contribution in [3.8, 4) is 5.75 Å². The quantitative estimate of drug-likeness (QED) is 0.722. The van der Waals surface area contributed by atoms with Crippen LogP contribution in [0.3, 0.4) is 0 Å². The molecule has 8 nitrogen and oxygen atoms in total. The molecule has 23 heavy (non-hydrogen) atoms. The van der Waals surface area contributed by atoms with Crippen LogP contribution in [0.25, 0.3) is 0 Å². The number of aromatic carboxylic acids is 1. The molecule has 9 heteroatoms. The molecule has 2 atom stereocenters. The van der Waals surface area contributed by atoms with Crippen molar-refractivity contribution in [2.75, 3.05) is 6.54 Å². The van der Waals surface area contributed by atoms with Gasteiger partial charge in [0.2, 0.25) is 15.9 Å². The van der Waals surface area contributed by atoms with Crippen molar-refractivity contribution >= 4 is 21.9 Å². The molecule has 2 unspecified atom stereocenters. The molecule has 1 saturated heterocycles. The van der Waals surface area contributed by atoms with Crippen LogP contribution in [0.1, 0.15) is 30.1 Å². The minimum Gasteiger partial charge on any atom is -0.507 e. The Kier molecular flexibility index (Phi) is 4.62. The van der Waals surface area contributed by atoms with Gasteiger partial charge in [0.25, 0.3) is 0 Å². The molecule has 0 radical (unpaired) electrons. The Balaban J connectivity index is 2.42. The van der Waals surface area contributed by atoms with Gasteiger partial charge in [-0.05, 0) is 38.0 Å². The largest absolute Gasteiger partial charge is 0.507 e. The molecule has 0 aliphatic carbocycles. The number of carbonyl (C=O) groups excluding carboxylic acids is 1. The number of hydrogen-bond donors (Lipinski definition) is 3. The Hall–Kier alpha value is -2.13. The fourth-order valence-corrected chi connectivity index (χ4v) is 4.36. The van der Waals surface area contributed by atoms with Crippen LogP contribution in [0, 0.1) is 5.92 Å². The third-order valence-corrected chi connectivity index (χ3v) is 6.01. The van der Waals surface area contributed by atoms with Crippen LogP contribution in [-0.4, -0.2) is 47.4 Å². The monoisotopic (exact) mass is 342 g/mol. The first kappa shape index (κ1) is 17.2. The molecule has 0 saturated carbocycles. The van der Waals surface area contributed by atoms with E-state index >= 15 is 0 Å². The molecular weight excluding hydrogens is 324 g/mol. The van der Waals surface area contributed by atoms with E-state index in [1.165, 1.54) is 0 Å². The molecule has 1 amide bonds. The molecule has 1 fully saturated rings. The second kappa shape index (κ2) is 6.17. The van der Waals surface area contributed by atoms with Crippen LogP contribution in [0.15, 0.2) is 23.1 Å². The summed E-state index contributed by atoms with van der Waals surface area (Å²) in [7, 11) is -4.00. The van der Waals surface area contributed by atoms with Gasteiger partial charge in [-0.3, -0.25) is 4.79 Å². The van der Waals surface area contributed by atoms with Crippen molar-refractivity contribution in [3.05, 3.63) is 23.8 Å². The maximum atomic E-state index is 12.8. The molecule has 0 spiro atoms. The molecule has 0 aromatic heterocycles. The van der Waals surface area contributed by atoms with E-state index in [1.807, 2.05) is 0 Å². The fourth-order valence-electron chi connectivity index (χ4n) is 2.62. The van der Waals surface area contributed by atoms with Crippen molar-refractivity contribution in [1.29, 1.82) is 0 Å². The van der Waals surface area contributed by atoms with E-state index in [2.05, 4.69) is 0 Å². The zero-order valence-electron chi connectivity index (χ0n) is 12.5. The number of rotatable bonds is 4. The first-order valence-electron chi connectivity index (χ1n) is 7.02. The van der Waals surface area contributed by atoms with E-state index in [0.29, 0.717) is 12.8 Å². The number of hydrogen-bond acceptors (Lipinski definition) is 5. The molecule has 4 N–H and O–H groups in total. The van der Waals surface area contributed by atoms with Crippen molar-refractivity contribution in [2.45, 2.75) is 30.7 Å². The number of aromatic hydroxyl groups is 1. The number of piperidine rings is 1. The summed E-state index contributed by atoms with van der Waals surface area (Å²) < 4.78 is 26.7. The molecule has 2 rings (SSSR count). The molecule has 1 heterocycles. The average Bonchev–Trinajstić information content (AvgIpc) is 2.47. The van der Waals surface area contributed by atoms with Crippen LogP contribution < -0.4 is 5.73 Å². The molecule has 1 aliphatic heterocycles. The van der Waals surface area contributed by atoms with Gasteiger partial charge in [0, 0.05) is 12.6 Å². The van der Waals surface area contributed by atoms with Gasteiger partial charge in [-0.2, -0.15) is 4.31 Å². The molecule has 1 aromatic carbocycles. The lowest BCUT2D eigenvalue weighted by Gasteiger charge is -2.35. The summed E-state index contributed by atoms with van der Waals surface area (Å²) in [6.45, 7) is 1.68. The third-order valence-electron chi connectivity index (χ3n) is 4.03. The predicted octanol–water partition coefficient (Wildman–Crippen LogP) is 0.365. The highest BCUT2D eigenvalue weighted by Gasteiger charge is 2.37. The summed E-state index contributed by atoms with van der Waals surface area (Å²) in [6, 6.07) is 2.74. The second-order valence-corrected chi connectivity index (χ2v) is 7.48. The highest BCUT2D eigenvalue weighted by Crippen LogP contribution is 2.30. The summed E-state index contributed by atoms with van der Waals surface area (Å²) in [5.74, 6) is -3.08. The lowest BCUT2D eigenvalue weighted by Crippen LogP contribution is -2.48. The number of phenols is 1. The number of carboxylic acids is 1. The Bertz CT molecular complexity index is 746. The molecule has 1 aromatic rings. The number of amides is 1. The Labute approximate surface area is 133 Å². The minimum absolute atomic E-state index is 0.0396. The summed E-state index contributed by atoms with van der Waals surface area (Å²) in [5.41, 5.74) is 4.77. The molecule has 126 valence electrons. The number of carboxylic acid groups (broad SMARTS) is 1. The topological polar surface area (TPSA) is 138 Å². The average molecular weight is 342 g/mol. The van der Waals surface area contributed by atoms with Crippen LogP contribution in [0.4, 0.5) is 0 Å². The smallest absolute Gasteiger partial charge is 0.339 e. The Morgan fingerprint density at radius 1 is 1.30 bits per heavy atom. The lowest BCUT2D eigenvalue weighted by atomic mass is 9.95. The van der Waals surface area contributed by atoms with Gasteiger partial charge in [0.1, 0.15) is 11.3 Å². The number of benzene rings is 1. The van der Waals surface area contributed by atoms with E-state index in [4.69, 9.17) is 10.8 Å². The van der Waals surface area contributed by atoms with Crippen molar-refractivity contribution in [2.24, 2.45) is 11.7 Å². The fraction of sp³-hybridized carbons (Fsp3) is 0.429. The molecular formula is C14H18N2O6S. The van der Waals surface area contributed by atoms with Crippen molar-refractivity contribution in [1.82, 2.24) is 4.31 Å². The zero-order chi connectivity index (χ0) is 17.4. The highest BCUT2D eigenvalue weighted by atomic mass is 32.2. The number of carbonyl (C=O) groups is 2. The van der Waals surface area contributed by atoms with Gasteiger partial charge in [0.05, 0.1) is 10.8 Å². The van der Waals surface area contributed by atoms with E-state index in [1.54, 1.807) is 6.92 Å². The van der Waals surface area contributed by atoms with E-state index in [0.717, 1.165) is 22.5 Å². The summed E-state index contributed by atoms with van der Waals surface area (Å²) in [6.07, 6.45) is 0.995. The van der Waals surface area contributed by atoms with Gasteiger partial charge in [-0.15, -0.1) is 0 Å². The zero-order valence-corrected chi connectivity index (χ0v) is 13.3.